The molecule has 1 heterocycles. The number of aryl methyl sites for hydroxylation is 1. The second-order valence-electron chi connectivity index (χ2n) is 3.60. The van der Waals surface area contributed by atoms with E-state index in [1.165, 1.54) is 4.88 Å². The maximum Gasteiger partial charge on any atom is 0.0657 e. The van der Waals surface area contributed by atoms with Gasteiger partial charge in [0.05, 0.1) is 6.04 Å². The molecule has 0 aliphatic rings. The van der Waals surface area contributed by atoms with Crippen LogP contribution >= 0.6 is 38.9 Å². The molecule has 1 aromatic heterocycles. The Bertz CT molecular complexity index is 492. The van der Waals surface area contributed by atoms with Crippen LogP contribution in [0.5, 0.6) is 0 Å². The third-order valence-electron chi connectivity index (χ3n) is 2.35. The van der Waals surface area contributed by atoms with Crippen molar-refractivity contribution in [2.75, 3.05) is 0 Å². The zero-order valence-corrected chi connectivity index (χ0v) is 11.9. The first-order chi connectivity index (χ1) is 7.58. The van der Waals surface area contributed by atoms with Crippen molar-refractivity contribution in [1.29, 1.82) is 0 Å². The minimum atomic E-state index is -0.0923. The Hall–Kier alpha value is -0.350. The zero-order chi connectivity index (χ0) is 11.7. The van der Waals surface area contributed by atoms with Crippen LogP contribution in [0.15, 0.2) is 34.8 Å². The maximum atomic E-state index is 6.22. The minimum absolute atomic E-state index is 0.0923. The zero-order valence-electron chi connectivity index (χ0n) is 8.71. The molecule has 0 saturated carbocycles. The number of hydrogen-bond acceptors (Lipinski definition) is 2. The van der Waals surface area contributed by atoms with Crippen LogP contribution in [0.25, 0.3) is 0 Å². The summed E-state index contributed by atoms with van der Waals surface area (Å²) in [6.45, 7) is 2.08. The van der Waals surface area contributed by atoms with E-state index in [1.54, 1.807) is 11.3 Å². The van der Waals surface area contributed by atoms with Crippen LogP contribution in [0.1, 0.15) is 21.4 Å². The normalized spacial score (nSPS) is 12.8. The first-order valence-corrected chi connectivity index (χ1v) is 6.83. The third kappa shape index (κ3) is 2.48. The summed E-state index contributed by atoms with van der Waals surface area (Å²) in [4.78, 5) is 2.41. The topological polar surface area (TPSA) is 26.0 Å². The van der Waals surface area contributed by atoms with Gasteiger partial charge in [-0.25, -0.2) is 0 Å². The highest BCUT2D eigenvalue weighted by atomic mass is 79.9. The average Bonchev–Trinajstić information content (AvgIpc) is 2.58. The van der Waals surface area contributed by atoms with Crippen molar-refractivity contribution in [3.63, 3.8) is 0 Å². The van der Waals surface area contributed by atoms with Crippen molar-refractivity contribution in [2.45, 2.75) is 13.0 Å². The molecule has 16 heavy (non-hydrogen) atoms. The summed E-state index contributed by atoms with van der Waals surface area (Å²) in [5.74, 6) is 0. The first kappa shape index (κ1) is 12.1. The smallest absolute Gasteiger partial charge is 0.0657 e. The van der Waals surface area contributed by atoms with Crippen LogP contribution in [0, 0.1) is 6.92 Å². The van der Waals surface area contributed by atoms with Gasteiger partial charge < -0.3 is 5.73 Å². The fourth-order valence-corrected chi connectivity index (χ4v) is 3.59. The van der Waals surface area contributed by atoms with Gasteiger partial charge in [0.2, 0.25) is 0 Å². The fraction of sp³-hybridized carbons (Fsp3) is 0.167. The van der Waals surface area contributed by atoms with Gasteiger partial charge in [-0.1, -0.05) is 23.7 Å². The van der Waals surface area contributed by atoms with Gasteiger partial charge in [-0.3, -0.25) is 0 Å². The van der Waals surface area contributed by atoms with E-state index in [1.807, 2.05) is 24.3 Å². The molecule has 2 N–H and O–H groups in total. The van der Waals surface area contributed by atoms with E-state index in [-0.39, 0.29) is 6.04 Å². The Labute approximate surface area is 112 Å². The predicted molar refractivity (Wildman–Crippen MR) is 74.2 cm³/mol. The molecule has 0 amide bonds. The summed E-state index contributed by atoms with van der Waals surface area (Å²) in [7, 11) is 0. The van der Waals surface area contributed by atoms with Gasteiger partial charge in [-0.2, -0.15) is 0 Å². The second-order valence-corrected chi connectivity index (χ2v) is 6.18. The highest BCUT2D eigenvalue weighted by Gasteiger charge is 2.14. The van der Waals surface area contributed by atoms with Crippen molar-refractivity contribution in [3.05, 3.63) is 55.1 Å². The Balaban J connectivity index is 2.35. The Morgan fingerprint density at radius 2 is 1.94 bits per heavy atom. The van der Waals surface area contributed by atoms with Gasteiger partial charge in [0, 0.05) is 19.2 Å². The van der Waals surface area contributed by atoms with E-state index in [0.29, 0.717) is 0 Å². The van der Waals surface area contributed by atoms with Gasteiger partial charge in [0.1, 0.15) is 0 Å². The van der Waals surface area contributed by atoms with Crippen LogP contribution in [0.3, 0.4) is 0 Å². The molecule has 1 unspecified atom stereocenters. The number of halogens is 2. The third-order valence-corrected chi connectivity index (χ3v) is 4.65. The molecular weight excluding hydrogens is 306 g/mol. The first-order valence-electron chi connectivity index (χ1n) is 4.85. The van der Waals surface area contributed by atoms with E-state index in [2.05, 4.69) is 28.9 Å². The van der Waals surface area contributed by atoms with E-state index in [4.69, 9.17) is 17.3 Å². The SMILES string of the molecule is Cc1cc(Br)c(C(N)c2ccc(Cl)cc2)s1. The monoisotopic (exact) mass is 315 g/mol. The molecule has 2 rings (SSSR count). The number of benzene rings is 1. The lowest BCUT2D eigenvalue weighted by Crippen LogP contribution is -2.10. The van der Waals surface area contributed by atoms with Crippen molar-refractivity contribution in [3.8, 4) is 0 Å². The van der Waals surface area contributed by atoms with E-state index in [0.717, 1.165) is 19.9 Å². The number of hydrogen-bond donors (Lipinski definition) is 1. The molecule has 1 aromatic carbocycles. The van der Waals surface area contributed by atoms with Gasteiger partial charge in [-0.05, 0) is 46.6 Å². The molecular formula is C12H11BrClNS. The Morgan fingerprint density at radius 3 is 2.44 bits per heavy atom. The molecule has 0 bridgehead atoms. The summed E-state index contributed by atoms with van der Waals surface area (Å²) < 4.78 is 1.08. The summed E-state index contributed by atoms with van der Waals surface area (Å²) >= 11 is 11.1. The molecule has 0 radical (unpaired) electrons. The number of thiophene rings is 1. The molecule has 2 aromatic rings. The lowest BCUT2D eigenvalue weighted by atomic mass is 10.1. The highest BCUT2D eigenvalue weighted by Crippen LogP contribution is 2.34. The molecule has 0 fully saturated rings. The molecule has 1 atom stereocenters. The Morgan fingerprint density at radius 1 is 1.31 bits per heavy atom. The fourth-order valence-electron chi connectivity index (χ4n) is 1.53. The summed E-state index contributed by atoms with van der Waals surface area (Å²) in [5.41, 5.74) is 7.29. The Kier molecular flexibility index (Phi) is 3.70. The van der Waals surface area contributed by atoms with Gasteiger partial charge in [0.25, 0.3) is 0 Å². The van der Waals surface area contributed by atoms with Crippen LogP contribution in [0.2, 0.25) is 5.02 Å². The summed E-state index contributed by atoms with van der Waals surface area (Å²) in [6, 6.07) is 9.67. The highest BCUT2D eigenvalue weighted by molar-refractivity contribution is 9.10. The van der Waals surface area contributed by atoms with Gasteiger partial charge >= 0.3 is 0 Å². The molecule has 0 spiro atoms. The quantitative estimate of drug-likeness (QED) is 0.866. The molecule has 0 aliphatic carbocycles. The summed E-state index contributed by atoms with van der Waals surface area (Å²) in [5, 5.41) is 0.734. The largest absolute Gasteiger partial charge is 0.320 e. The van der Waals surface area contributed by atoms with Crippen molar-refractivity contribution >= 4 is 38.9 Å². The second kappa shape index (κ2) is 4.88. The van der Waals surface area contributed by atoms with Crippen LogP contribution in [0.4, 0.5) is 0 Å². The predicted octanol–water partition coefficient (Wildman–Crippen LogP) is 4.52. The number of rotatable bonds is 2. The van der Waals surface area contributed by atoms with Crippen molar-refractivity contribution in [1.82, 2.24) is 0 Å². The molecule has 4 heteroatoms. The van der Waals surface area contributed by atoms with Crippen molar-refractivity contribution < 1.29 is 0 Å². The standard InChI is InChI=1S/C12H11BrClNS/c1-7-6-10(13)12(16-7)11(15)8-2-4-9(14)5-3-8/h2-6,11H,15H2,1H3. The van der Waals surface area contributed by atoms with Crippen LogP contribution in [-0.2, 0) is 0 Å². The van der Waals surface area contributed by atoms with E-state index >= 15 is 0 Å². The summed E-state index contributed by atoms with van der Waals surface area (Å²) in [6.07, 6.45) is 0. The lowest BCUT2D eigenvalue weighted by molar-refractivity contribution is 0.889. The molecule has 1 nitrogen and oxygen atoms in total. The van der Waals surface area contributed by atoms with Crippen molar-refractivity contribution in [2.24, 2.45) is 5.73 Å². The van der Waals surface area contributed by atoms with Crippen LogP contribution in [-0.4, -0.2) is 0 Å². The lowest BCUT2D eigenvalue weighted by Gasteiger charge is -2.10. The molecule has 84 valence electrons. The minimum Gasteiger partial charge on any atom is -0.320 e. The van der Waals surface area contributed by atoms with Crippen LogP contribution < -0.4 is 5.73 Å². The molecule has 0 saturated heterocycles. The average molecular weight is 317 g/mol. The van der Waals surface area contributed by atoms with E-state index < -0.39 is 0 Å². The maximum absolute atomic E-state index is 6.22. The van der Waals surface area contributed by atoms with Gasteiger partial charge in [-0.15, -0.1) is 11.3 Å². The van der Waals surface area contributed by atoms with Gasteiger partial charge in [0.15, 0.2) is 0 Å². The van der Waals surface area contributed by atoms with E-state index in [9.17, 15) is 0 Å². The number of nitrogens with two attached hydrogens (primary N) is 1. The molecule has 0 aliphatic heterocycles.